The molecule has 164 valence electrons. The summed E-state index contributed by atoms with van der Waals surface area (Å²) in [6.07, 6.45) is 22.8. The summed E-state index contributed by atoms with van der Waals surface area (Å²) in [4.78, 5) is 22.6. The molecule has 0 saturated carbocycles. The highest BCUT2D eigenvalue weighted by Crippen LogP contribution is 2.14. The molecule has 0 aromatic carbocycles. The quantitative estimate of drug-likeness (QED) is 0.136. The lowest BCUT2D eigenvalue weighted by Gasteiger charge is -2.08. The number of carbonyl (C=O) groups is 2. The summed E-state index contributed by atoms with van der Waals surface area (Å²) in [7, 11) is 0. The third kappa shape index (κ3) is 18.1. The molecule has 0 aliphatic rings. The summed E-state index contributed by atoms with van der Waals surface area (Å²) in [5.74, 6) is -2.04. The van der Waals surface area contributed by atoms with E-state index in [0.717, 1.165) is 12.8 Å². The molecule has 0 heterocycles. The number of hydrogen-bond acceptors (Lipinski definition) is 3. The molecule has 4 heteroatoms. The highest BCUT2D eigenvalue weighted by atomic mass is 16.5. The van der Waals surface area contributed by atoms with Crippen LogP contribution in [-0.4, -0.2) is 23.7 Å². The molecule has 0 fully saturated rings. The van der Waals surface area contributed by atoms with Crippen LogP contribution in [-0.2, 0) is 14.3 Å². The van der Waals surface area contributed by atoms with Gasteiger partial charge in [-0.25, -0.2) is 0 Å². The lowest BCUT2D eigenvalue weighted by Crippen LogP contribution is -2.18. The van der Waals surface area contributed by atoms with Gasteiger partial charge < -0.3 is 9.84 Å². The Bertz CT molecular complexity index is 403. The Morgan fingerprint density at radius 1 is 0.786 bits per heavy atom. The van der Waals surface area contributed by atoms with E-state index in [2.05, 4.69) is 13.0 Å². The Labute approximate surface area is 173 Å². The van der Waals surface area contributed by atoms with Crippen LogP contribution in [0, 0.1) is 5.92 Å². The minimum absolute atomic E-state index is 0.0494. The second-order valence-electron chi connectivity index (χ2n) is 7.78. The molecule has 0 amide bonds. The molecule has 28 heavy (non-hydrogen) atoms. The molecule has 0 aliphatic heterocycles. The maximum Gasteiger partial charge on any atom is 0.307 e. The summed E-state index contributed by atoms with van der Waals surface area (Å²) in [6, 6.07) is 0. The van der Waals surface area contributed by atoms with Gasteiger partial charge in [0.1, 0.15) is 0 Å². The number of rotatable bonds is 20. The van der Waals surface area contributed by atoms with Crippen molar-refractivity contribution in [3.05, 3.63) is 12.2 Å². The van der Waals surface area contributed by atoms with Gasteiger partial charge in [0.05, 0.1) is 18.9 Å². The van der Waals surface area contributed by atoms with Crippen molar-refractivity contribution in [3.8, 4) is 0 Å². The maximum atomic E-state index is 11.4. The number of esters is 1. The number of unbranched alkanes of at least 4 members (excludes halogenated alkanes) is 13. The predicted molar refractivity (Wildman–Crippen MR) is 116 cm³/mol. The monoisotopic (exact) mass is 396 g/mol. The molecule has 0 aliphatic carbocycles. The molecular formula is C24H44O4. The molecule has 1 N–H and O–H groups in total. The Hall–Kier alpha value is -1.32. The van der Waals surface area contributed by atoms with Crippen LogP contribution in [0.3, 0.4) is 0 Å². The van der Waals surface area contributed by atoms with Crippen molar-refractivity contribution in [2.24, 2.45) is 5.92 Å². The highest BCUT2D eigenvalue weighted by molar-refractivity contribution is 5.78. The van der Waals surface area contributed by atoms with Gasteiger partial charge in [0, 0.05) is 0 Å². The van der Waals surface area contributed by atoms with Gasteiger partial charge in [-0.15, -0.1) is 0 Å². The number of ether oxygens (including phenoxy) is 1. The van der Waals surface area contributed by atoms with Gasteiger partial charge in [-0.2, -0.15) is 0 Å². The highest BCUT2D eigenvalue weighted by Gasteiger charge is 2.20. The van der Waals surface area contributed by atoms with E-state index in [-0.39, 0.29) is 6.42 Å². The van der Waals surface area contributed by atoms with Crippen LogP contribution in [0.15, 0.2) is 12.2 Å². The van der Waals surface area contributed by atoms with Crippen molar-refractivity contribution in [1.29, 1.82) is 0 Å². The molecule has 0 aromatic rings. The SMILES string of the molecule is CCCCCCCCCCCCCCC/C=C/CC(CC(=O)OCC)C(=O)O. The van der Waals surface area contributed by atoms with Crippen molar-refractivity contribution in [1.82, 2.24) is 0 Å². The first-order valence-electron chi connectivity index (χ1n) is 11.6. The fraction of sp³-hybridized carbons (Fsp3) is 0.833. The van der Waals surface area contributed by atoms with E-state index in [1.54, 1.807) is 6.92 Å². The zero-order valence-corrected chi connectivity index (χ0v) is 18.4. The summed E-state index contributed by atoms with van der Waals surface area (Å²) in [5, 5.41) is 9.17. The summed E-state index contributed by atoms with van der Waals surface area (Å²) >= 11 is 0. The number of allylic oxidation sites excluding steroid dienone is 2. The van der Waals surface area contributed by atoms with Crippen molar-refractivity contribution in [2.45, 2.75) is 117 Å². The van der Waals surface area contributed by atoms with Gasteiger partial charge in [0.15, 0.2) is 0 Å². The largest absolute Gasteiger partial charge is 0.481 e. The fourth-order valence-electron chi connectivity index (χ4n) is 3.35. The average molecular weight is 397 g/mol. The number of aliphatic carboxylic acids is 1. The second-order valence-corrected chi connectivity index (χ2v) is 7.78. The summed E-state index contributed by atoms with van der Waals surface area (Å²) in [6.45, 7) is 4.28. The fourth-order valence-corrected chi connectivity index (χ4v) is 3.35. The second kappa shape index (κ2) is 20.4. The number of carbonyl (C=O) groups excluding carboxylic acids is 1. The Morgan fingerprint density at radius 3 is 1.75 bits per heavy atom. The molecule has 0 radical (unpaired) electrons. The minimum atomic E-state index is -0.932. The van der Waals surface area contributed by atoms with Gasteiger partial charge >= 0.3 is 11.9 Å². The van der Waals surface area contributed by atoms with Gasteiger partial charge in [-0.05, 0) is 26.2 Å². The van der Waals surface area contributed by atoms with Crippen molar-refractivity contribution >= 4 is 11.9 Å². The van der Waals surface area contributed by atoms with Crippen LogP contribution in [0.5, 0.6) is 0 Å². The predicted octanol–water partition coefficient (Wildman–Crippen LogP) is 7.07. The molecule has 0 bridgehead atoms. The summed E-state index contributed by atoms with van der Waals surface area (Å²) in [5.41, 5.74) is 0. The van der Waals surface area contributed by atoms with E-state index < -0.39 is 17.9 Å². The average Bonchev–Trinajstić information content (AvgIpc) is 2.66. The first-order valence-corrected chi connectivity index (χ1v) is 11.6. The van der Waals surface area contributed by atoms with E-state index in [4.69, 9.17) is 4.74 Å². The minimum Gasteiger partial charge on any atom is -0.481 e. The van der Waals surface area contributed by atoms with E-state index >= 15 is 0 Å². The summed E-state index contributed by atoms with van der Waals surface area (Å²) < 4.78 is 4.83. The third-order valence-corrected chi connectivity index (χ3v) is 5.13. The molecule has 0 spiro atoms. The molecule has 4 nitrogen and oxygen atoms in total. The van der Waals surface area contributed by atoms with Gasteiger partial charge in [0.2, 0.25) is 0 Å². The number of hydrogen-bond donors (Lipinski definition) is 1. The third-order valence-electron chi connectivity index (χ3n) is 5.13. The van der Waals surface area contributed by atoms with Crippen molar-refractivity contribution < 1.29 is 19.4 Å². The normalized spacial score (nSPS) is 12.4. The van der Waals surface area contributed by atoms with Crippen LogP contribution in [0.25, 0.3) is 0 Å². The van der Waals surface area contributed by atoms with Crippen LogP contribution in [0.4, 0.5) is 0 Å². The van der Waals surface area contributed by atoms with E-state index in [0.29, 0.717) is 13.0 Å². The molecule has 1 unspecified atom stereocenters. The molecule has 0 saturated heterocycles. The van der Waals surface area contributed by atoms with E-state index in [1.165, 1.54) is 77.0 Å². The molecule has 0 rings (SSSR count). The Kier molecular flexibility index (Phi) is 19.5. The Balaban J connectivity index is 3.49. The van der Waals surface area contributed by atoms with Crippen LogP contribution < -0.4 is 0 Å². The molecular weight excluding hydrogens is 352 g/mol. The topological polar surface area (TPSA) is 63.6 Å². The van der Waals surface area contributed by atoms with E-state index in [1.807, 2.05) is 6.08 Å². The van der Waals surface area contributed by atoms with Gasteiger partial charge in [-0.1, -0.05) is 96.1 Å². The lowest BCUT2D eigenvalue weighted by atomic mass is 10.0. The van der Waals surface area contributed by atoms with Crippen molar-refractivity contribution in [3.63, 3.8) is 0 Å². The van der Waals surface area contributed by atoms with Crippen LogP contribution >= 0.6 is 0 Å². The zero-order valence-electron chi connectivity index (χ0n) is 18.4. The lowest BCUT2D eigenvalue weighted by molar-refractivity contribution is -0.151. The van der Waals surface area contributed by atoms with Gasteiger partial charge in [-0.3, -0.25) is 9.59 Å². The Morgan fingerprint density at radius 2 is 1.29 bits per heavy atom. The maximum absolute atomic E-state index is 11.4. The van der Waals surface area contributed by atoms with Crippen molar-refractivity contribution in [2.75, 3.05) is 6.61 Å². The molecule has 1 atom stereocenters. The van der Waals surface area contributed by atoms with Crippen LogP contribution in [0.1, 0.15) is 117 Å². The van der Waals surface area contributed by atoms with E-state index in [9.17, 15) is 14.7 Å². The smallest absolute Gasteiger partial charge is 0.307 e. The zero-order chi connectivity index (χ0) is 20.9. The first kappa shape index (κ1) is 26.7. The van der Waals surface area contributed by atoms with Crippen LogP contribution in [0.2, 0.25) is 0 Å². The van der Waals surface area contributed by atoms with Gasteiger partial charge in [0.25, 0.3) is 0 Å². The molecule has 0 aromatic heterocycles. The standard InChI is InChI=1S/C24H44O4/c1-3-5-6-7-8-9-10-11-12-13-14-15-16-17-18-19-20-22(24(26)27)21-23(25)28-4-2/h18-19,22H,3-17,20-21H2,1-2H3,(H,26,27)/b19-18+. The number of carboxylic acids is 1. The first-order chi connectivity index (χ1) is 13.6. The number of carboxylic acid groups (broad SMARTS) is 1.